The minimum Gasteiger partial charge on any atom is -0.443 e. The van der Waals surface area contributed by atoms with E-state index in [-0.39, 0.29) is 0 Å². The predicted molar refractivity (Wildman–Crippen MR) is 56.0 cm³/mol. The second-order valence-corrected chi connectivity index (χ2v) is 3.96. The number of hydrogen-bond donors (Lipinski definition) is 4. The van der Waals surface area contributed by atoms with Crippen LogP contribution in [0.25, 0.3) is 0 Å². The predicted octanol–water partition coefficient (Wildman–Crippen LogP) is 0.843. The van der Waals surface area contributed by atoms with Crippen molar-refractivity contribution in [2.24, 2.45) is 0 Å². The highest BCUT2D eigenvalue weighted by atomic mass is 16.6. The van der Waals surface area contributed by atoms with Crippen LogP contribution in [-0.4, -0.2) is 21.9 Å². The molecule has 0 radical (unpaired) electrons. The summed E-state index contributed by atoms with van der Waals surface area (Å²) in [6.45, 7) is 5.33. The number of nitrogen functional groups attached to an aromatic ring is 1. The molecule has 1 rings (SSSR count). The van der Waals surface area contributed by atoms with Crippen LogP contribution in [0.5, 0.6) is 0 Å². The fraction of sp³-hybridized carbons (Fsp3) is 0.500. The van der Waals surface area contributed by atoms with E-state index in [2.05, 4.69) is 21.0 Å². The number of H-pyrrole nitrogens is 1. The van der Waals surface area contributed by atoms with Crippen LogP contribution < -0.4 is 16.6 Å². The Balaban J connectivity index is 2.35. The summed E-state index contributed by atoms with van der Waals surface area (Å²) in [7, 11) is 0. The number of nitrogens with zero attached hydrogens (tertiary/aromatic N) is 1. The van der Waals surface area contributed by atoms with E-state index in [0.29, 0.717) is 11.6 Å². The Hall–Kier alpha value is -1.92. The van der Waals surface area contributed by atoms with E-state index in [4.69, 9.17) is 10.5 Å². The first kappa shape index (κ1) is 11.2. The van der Waals surface area contributed by atoms with Crippen molar-refractivity contribution in [3.8, 4) is 0 Å². The van der Waals surface area contributed by atoms with Crippen LogP contribution in [0.3, 0.4) is 0 Å². The van der Waals surface area contributed by atoms with Crippen molar-refractivity contribution in [3.63, 3.8) is 0 Å². The number of anilines is 2. The molecular weight excluding hydrogens is 198 g/mol. The van der Waals surface area contributed by atoms with Gasteiger partial charge in [0, 0.05) is 6.07 Å². The SMILES string of the molecule is CC(C)(C)OC(=O)NNc1cc(N)[nH]n1. The number of carbonyl (C=O) groups excluding carboxylic acids is 1. The molecule has 5 N–H and O–H groups in total. The van der Waals surface area contributed by atoms with Crippen LogP contribution in [0.2, 0.25) is 0 Å². The fourth-order valence-corrected chi connectivity index (χ4v) is 0.819. The summed E-state index contributed by atoms with van der Waals surface area (Å²) in [4.78, 5) is 11.2. The maximum absolute atomic E-state index is 11.2. The third-order valence-corrected chi connectivity index (χ3v) is 1.29. The van der Waals surface area contributed by atoms with Crippen LogP contribution in [0.15, 0.2) is 6.07 Å². The molecule has 0 saturated heterocycles. The minimum atomic E-state index is -0.580. The Bertz CT molecular complexity index is 341. The van der Waals surface area contributed by atoms with Crippen molar-refractivity contribution in [1.29, 1.82) is 0 Å². The van der Waals surface area contributed by atoms with Gasteiger partial charge in [-0.2, -0.15) is 5.10 Å². The topological polar surface area (TPSA) is 105 Å². The molecule has 0 aliphatic carbocycles. The van der Waals surface area contributed by atoms with Gasteiger partial charge in [0.05, 0.1) is 0 Å². The average Bonchev–Trinajstić information content (AvgIpc) is 2.45. The molecule has 1 aromatic heterocycles. The molecule has 84 valence electrons. The Kier molecular flexibility index (Phi) is 3.03. The molecule has 1 amide bonds. The van der Waals surface area contributed by atoms with E-state index in [9.17, 15) is 4.79 Å². The van der Waals surface area contributed by atoms with E-state index in [1.54, 1.807) is 20.8 Å². The van der Waals surface area contributed by atoms with Gasteiger partial charge in [0.2, 0.25) is 0 Å². The van der Waals surface area contributed by atoms with Crippen molar-refractivity contribution in [3.05, 3.63) is 6.07 Å². The van der Waals surface area contributed by atoms with Crippen molar-refractivity contribution in [2.45, 2.75) is 26.4 Å². The largest absolute Gasteiger partial charge is 0.443 e. The monoisotopic (exact) mass is 213 g/mol. The van der Waals surface area contributed by atoms with Gasteiger partial charge in [-0.05, 0) is 20.8 Å². The number of rotatable bonds is 2. The lowest BCUT2D eigenvalue weighted by Gasteiger charge is -2.19. The first-order chi connectivity index (χ1) is 6.87. The minimum absolute atomic E-state index is 0.406. The first-order valence-corrected chi connectivity index (χ1v) is 4.43. The number of nitrogens with one attached hydrogen (secondary N) is 3. The maximum atomic E-state index is 11.2. The zero-order valence-electron chi connectivity index (χ0n) is 8.92. The summed E-state index contributed by atoms with van der Waals surface area (Å²) >= 11 is 0. The highest BCUT2D eigenvalue weighted by molar-refractivity contribution is 5.69. The molecule has 0 spiro atoms. The Morgan fingerprint density at radius 1 is 1.60 bits per heavy atom. The summed E-state index contributed by atoms with van der Waals surface area (Å²) in [5.41, 5.74) is 9.71. The molecule has 1 heterocycles. The van der Waals surface area contributed by atoms with Gasteiger partial charge < -0.3 is 10.5 Å². The molecule has 0 aliphatic rings. The number of aromatic nitrogens is 2. The molecule has 0 saturated carbocycles. The van der Waals surface area contributed by atoms with Gasteiger partial charge in [0.25, 0.3) is 0 Å². The van der Waals surface area contributed by atoms with E-state index >= 15 is 0 Å². The van der Waals surface area contributed by atoms with Gasteiger partial charge in [-0.1, -0.05) is 0 Å². The van der Waals surface area contributed by atoms with Gasteiger partial charge in [0.1, 0.15) is 11.4 Å². The number of ether oxygens (including phenoxy) is 1. The lowest BCUT2D eigenvalue weighted by molar-refractivity contribution is 0.0541. The Labute approximate surface area is 87.3 Å². The van der Waals surface area contributed by atoms with E-state index in [1.807, 2.05) is 0 Å². The third kappa shape index (κ3) is 4.21. The molecule has 15 heavy (non-hydrogen) atoms. The number of aromatic amines is 1. The number of nitrogens with two attached hydrogens (primary N) is 1. The smallest absolute Gasteiger partial charge is 0.426 e. The van der Waals surface area contributed by atoms with Crippen LogP contribution in [-0.2, 0) is 4.74 Å². The Morgan fingerprint density at radius 2 is 2.27 bits per heavy atom. The lowest BCUT2D eigenvalue weighted by Crippen LogP contribution is -2.35. The van der Waals surface area contributed by atoms with Crippen LogP contribution >= 0.6 is 0 Å². The number of amides is 1. The molecule has 0 bridgehead atoms. The fourth-order valence-electron chi connectivity index (χ4n) is 0.819. The molecule has 0 fully saturated rings. The molecule has 0 aliphatic heterocycles. The van der Waals surface area contributed by atoms with Crippen LogP contribution in [0.1, 0.15) is 20.8 Å². The lowest BCUT2D eigenvalue weighted by atomic mass is 10.2. The molecule has 0 atom stereocenters. The molecule has 1 aromatic rings. The molecule has 0 unspecified atom stereocenters. The van der Waals surface area contributed by atoms with Crippen molar-refractivity contribution < 1.29 is 9.53 Å². The second kappa shape index (κ2) is 4.07. The Morgan fingerprint density at radius 3 is 2.73 bits per heavy atom. The standard InChI is InChI=1S/C8H15N5O2/c1-8(2,3)15-7(14)13-12-6-4-5(9)10-11-6/h4H,1-3H3,(H,13,14)(H4,9,10,11,12). The van der Waals surface area contributed by atoms with E-state index < -0.39 is 11.7 Å². The summed E-state index contributed by atoms with van der Waals surface area (Å²) in [5.74, 6) is 0.821. The van der Waals surface area contributed by atoms with Crippen molar-refractivity contribution in [1.82, 2.24) is 15.6 Å². The molecular formula is C8H15N5O2. The third-order valence-electron chi connectivity index (χ3n) is 1.29. The zero-order valence-corrected chi connectivity index (χ0v) is 8.92. The highest BCUT2D eigenvalue weighted by Gasteiger charge is 2.15. The zero-order chi connectivity index (χ0) is 11.5. The summed E-state index contributed by atoms with van der Waals surface area (Å²) < 4.78 is 4.98. The average molecular weight is 213 g/mol. The highest BCUT2D eigenvalue weighted by Crippen LogP contribution is 2.07. The summed E-state index contributed by atoms with van der Waals surface area (Å²) in [6, 6.07) is 1.54. The second-order valence-electron chi connectivity index (χ2n) is 3.96. The van der Waals surface area contributed by atoms with Crippen molar-refractivity contribution >= 4 is 17.7 Å². The molecule has 7 heteroatoms. The maximum Gasteiger partial charge on any atom is 0.426 e. The number of carbonyl (C=O) groups is 1. The van der Waals surface area contributed by atoms with Crippen LogP contribution in [0.4, 0.5) is 16.4 Å². The van der Waals surface area contributed by atoms with Gasteiger partial charge in [-0.3, -0.25) is 10.5 Å². The van der Waals surface area contributed by atoms with E-state index in [1.165, 1.54) is 6.07 Å². The normalized spacial score (nSPS) is 10.9. The first-order valence-electron chi connectivity index (χ1n) is 4.43. The number of hydrogen-bond acceptors (Lipinski definition) is 5. The summed E-state index contributed by atoms with van der Waals surface area (Å²) in [5, 5.41) is 6.27. The number of hydrazine groups is 1. The van der Waals surface area contributed by atoms with Crippen LogP contribution in [0, 0.1) is 0 Å². The summed E-state index contributed by atoms with van der Waals surface area (Å²) in [6.07, 6.45) is -0.580. The molecule has 7 nitrogen and oxygen atoms in total. The quantitative estimate of drug-likeness (QED) is 0.545. The van der Waals surface area contributed by atoms with Gasteiger partial charge in [-0.15, -0.1) is 0 Å². The van der Waals surface area contributed by atoms with E-state index in [0.717, 1.165) is 0 Å². The van der Waals surface area contributed by atoms with Gasteiger partial charge in [0.15, 0.2) is 5.82 Å². The van der Waals surface area contributed by atoms with Gasteiger partial charge >= 0.3 is 6.09 Å². The molecule has 0 aromatic carbocycles. The van der Waals surface area contributed by atoms with Gasteiger partial charge in [-0.25, -0.2) is 10.2 Å². The van der Waals surface area contributed by atoms with Crippen molar-refractivity contribution in [2.75, 3.05) is 11.2 Å².